The number of allylic oxidation sites excluding steroid dienone is 2. The first-order valence-electron chi connectivity index (χ1n) is 3.10. The van der Waals surface area contributed by atoms with E-state index in [0.717, 1.165) is 12.1 Å². The Balaban J connectivity index is 3.62. The van der Waals surface area contributed by atoms with Crippen molar-refractivity contribution in [2.75, 3.05) is 0 Å². The van der Waals surface area contributed by atoms with E-state index in [1.807, 2.05) is 6.92 Å². The molecule has 0 spiro atoms. The van der Waals surface area contributed by atoms with Gasteiger partial charge >= 0.3 is 0 Å². The molecule has 0 radical (unpaired) electrons. The Morgan fingerprint density at radius 2 is 1.88 bits per heavy atom. The zero-order valence-corrected chi connectivity index (χ0v) is 5.99. The molecule has 0 aliphatic heterocycles. The predicted molar refractivity (Wildman–Crippen MR) is 37.5 cm³/mol. The van der Waals surface area contributed by atoms with Crippen molar-refractivity contribution in [1.29, 1.82) is 0 Å². The number of hydrogen-bond acceptors (Lipinski definition) is 1. The van der Waals surface area contributed by atoms with Crippen molar-refractivity contribution >= 4 is 0 Å². The third-order valence-corrected chi connectivity index (χ3v) is 1.30. The van der Waals surface area contributed by atoms with Gasteiger partial charge in [-0.25, -0.2) is 0 Å². The van der Waals surface area contributed by atoms with Crippen LogP contribution in [0.25, 0.3) is 0 Å². The lowest BCUT2D eigenvalue weighted by Crippen LogP contribution is -1.94. The fourth-order valence-electron chi connectivity index (χ4n) is 0.572. The maximum atomic E-state index is 5.50. The lowest BCUT2D eigenvalue weighted by Gasteiger charge is -1.98. The largest absolute Gasteiger partial charge is 0.402 e. The fraction of sp³-hybridized carbons (Fsp3) is 0.714. The summed E-state index contributed by atoms with van der Waals surface area (Å²) in [6.07, 6.45) is 2.34. The van der Waals surface area contributed by atoms with E-state index in [2.05, 4.69) is 13.8 Å². The molecule has 0 aromatic heterocycles. The van der Waals surface area contributed by atoms with E-state index in [9.17, 15) is 0 Å². The van der Waals surface area contributed by atoms with Crippen LogP contribution in [0.2, 0.25) is 0 Å². The maximum Gasteiger partial charge on any atom is 0.00379 e. The molecule has 0 aromatic rings. The monoisotopic (exact) mass is 113 g/mol. The molecule has 2 N–H and O–H groups in total. The lowest BCUT2D eigenvalue weighted by atomic mass is 10.1. The molecule has 0 amide bonds. The SMILES string of the molecule is CCC/C(C)=C(/C)N. The van der Waals surface area contributed by atoms with Crippen LogP contribution in [0.4, 0.5) is 0 Å². The highest BCUT2D eigenvalue weighted by molar-refractivity contribution is 5.04. The Kier molecular flexibility index (Phi) is 3.33. The van der Waals surface area contributed by atoms with Crippen molar-refractivity contribution in [3.05, 3.63) is 11.3 Å². The Labute approximate surface area is 51.6 Å². The first-order chi connectivity index (χ1) is 3.68. The summed E-state index contributed by atoms with van der Waals surface area (Å²) in [5.74, 6) is 0. The van der Waals surface area contributed by atoms with Crippen LogP contribution in [-0.2, 0) is 0 Å². The van der Waals surface area contributed by atoms with Gasteiger partial charge in [0.05, 0.1) is 0 Å². The number of rotatable bonds is 2. The normalized spacial score (nSPS) is 13.4. The van der Waals surface area contributed by atoms with Gasteiger partial charge in [0.1, 0.15) is 0 Å². The van der Waals surface area contributed by atoms with E-state index in [1.165, 1.54) is 12.0 Å². The highest BCUT2D eigenvalue weighted by atomic mass is 14.6. The highest BCUT2D eigenvalue weighted by Gasteiger charge is 1.87. The van der Waals surface area contributed by atoms with Gasteiger partial charge in [0, 0.05) is 5.70 Å². The zero-order valence-electron chi connectivity index (χ0n) is 5.99. The Morgan fingerprint density at radius 3 is 2.00 bits per heavy atom. The van der Waals surface area contributed by atoms with Crippen LogP contribution in [0, 0.1) is 0 Å². The lowest BCUT2D eigenvalue weighted by molar-refractivity contribution is 0.886. The minimum atomic E-state index is 0.979. The molecule has 8 heavy (non-hydrogen) atoms. The molecule has 0 bridgehead atoms. The van der Waals surface area contributed by atoms with Crippen molar-refractivity contribution in [2.45, 2.75) is 33.6 Å². The second kappa shape index (κ2) is 3.53. The van der Waals surface area contributed by atoms with Crippen LogP contribution in [0.15, 0.2) is 11.3 Å². The molecular weight excluding hydrogens is 98.1 g/mol. The van der Waals surface area contributed by atoms with E-state index in [4.69, 9.17) is 5.73 Å². The van der Waals surface area contributed by atoms with Crippen LogP contribution in [0.3, 0.4) is 0 Å². The smallest absolute Gasteiger partial charge is 0.00379 e. The van der Waals surface area contributed by atoms with Gasteiger partial charge in [0.2, 0.25) is 0 Å². The van der Waals surface area contributed by atoms with E-state index in [-0.39, 0.29) is 0 Å². The summed E-state index contributed by atoms with van der Waals surface area (Å²) < 4.78 is 0. The molecule has 0 atom stereocenters. The van der Waals surface area contributed by atoms with Gasteiger partial charge in [-0.2, -0.15) is 0 Å². The molecule has 0 fully saturated rings. The molecule has 1 nitrogen and oxygen atoms in total. The van der Waals surface area contributed by atoms with Crippen LogP contribution >= 0.6 is 0 Å². The molecule has 0 aliphatic carbocycles. The van der Waals surface area contributed by atoms with Crippen molar-refractivity contribution in [1.82, 2.24) is 0 Å². The summed E-state index contributed by atoms with van der Waals surface area (Å²) in [7, 11) is 0. The summed E-state index contributed by atoms with van der Waals surface area (Å²) in [5, 5.41) is 0. The molecule has 0 saturated carbocycles. The minimum absolute atomic E-state index is 0.979. The van der Waals surface area contributed by atoms with Crippen molar-refractivity contribution in [3.8, 4) is 0 Å². The summed E-state index contributed by atoms with van der Waals surface area (Å²) in [4.78, 5) is 0. The van der Waals surface area contributed by atoms with Crippen LogP contribution in [0.5, 0.6) is 0 Å². The molecule has 0 rings (SSSR count). The second-order valence-electron chi connectivity index (χ2n) is 2.21. The van der Waals surface area contributed by atoms with Gasteiger partial charge < -0.3 is 5.73 Å². The maximum absolute atomic E-state index is 5.50. The average Bonchev–Trinajstić information content (AvgIpc) is 1.67. The van der Waals surface area contributed by atoms with Gasteiger partial charge in [-0.1, -0.05) is 18.9 Å². The molecule has 0 unspecified atom stereocenters. The Hall–Kier alpha value is -0.460. The van der Waals surface area contributed by atoms with E-state index < -0.39 is 0 Å². The molecule has 0 aliphatic rings. The molecule has 0 aromatic carbocycles. The van der Waals surface area contributed by atoms with Crippen molar-refractivity contribution < 1.29 is 0 Å². The van der Waals surface area contributed by atoms with E-state index in [0.29, 0.717) is 0 Å². The van der Waals surface area contributed by atoms with Crippen LogP contribution in [-0.4, -0.2) is 0 Å². The second-order valence-corrected chi connectivity index (χ2v) is 2.21. The topological polar surface area (TPSA) is 26.0 Å². The van der Waals surface area contributed by atoms with Crippen molar-refractivity contribution in [2.24, 2.45) is 5.73 Å². The number of hydrogen-bond donors (Lipinski definition) is 1. The molecule has 0 heterocycles. The summed E-state index contributed by atoms with van der Waals surface area (Å²) in [6, 6.07) is 0. The van der Waals surface area contributed by atoms with Gasteiger partial charge in [-0.3, -0.25) is 0 Å². The summed E-state index contributed by atoms with van der Waals surface area (Å²) in [5.41, 5.74) is 7.81. The van der Waals surface area contributed by atoms with Gasteiger partial charge in [0.25, 0.3) is 0 Å². The zero-order chi connectivity index (χ0) is 6.57. The van der Waals surface area contributed by atoms with Gasteiger partial charge in [-0.15, -0.1) is 0 Å². The van der Waals surface area contributed by atoms with Crippen LogP contribution in [0.1, 0.15) is 33.6 Å². The molecule has 48 valence electrons. The van der Waals surface area contributed by atoms with Gasteiger partial charge in [-0.05, 0) is 20.3 Å². The third kappa shape index (κ3) is 2.67. The quantitative estimate of drug-likeness (QED) is 0.582. The first-order valence-corrected chi connectivity index (χ1v) is 3.10. The predicted octanol–water partition coefficient (Wildman–Crippen LogP) is 2.04. The number of nitrogens with two attached hydrogens (primary N) is 1. The summed E-state index contributed by atoms with van der Waals surface area (Å²) >= 11 is 0. The van der Waals surface area contributed by atoms with E-state index in [1.54, 1.807) is 0 Å². The summed E-state index contributed by atoms with van der Waals surface area (Å²) in [6.45, 7) is 6.19. The molecule has 1 heteroatoms. The fourth-order valence-corrected chi connectivity index (χ4v) is 0.572. The highest BCUT2D eigenvalue weighted by Crippen LogP contribution is 2.04. The Morgan fingerprint density at radius 1 is 1.38 bits per heavy atom. The van der Waals surface area contributed by atoms with Crippen LogP contribution < -0.4 is 5.73 Å². The minimum Gasteiger partial charge on any atom is -0.402 e. The van der Waals surface area contributed by atoms with Crippen molar-refractivity contribution in [3.63, 3.8) is 0 Å². The van der Waals surface area contributed by atoms with E-state index >= 15 is 0 Å². The standard InChI is InChI=1S/C7H15N/c1-4-5-6(2)7(3)8/h4-5,8H2,1-3H3/b7-6-. The first kappa shape index (κ1) is 7.54. The third-order valence-electron chi connectivity index (χ3n) is 1.30. The average molecular weight is 113 g/mol. The Bertz CT molecular complexity index is 88.6. The van der Waals surface area contributed by atoms with Gasteiger partial charge in [0.15, 0.2) is 0 Å². The molecule has 0 saturated heterocycles. The molecular formula is C7H15N.